The van der Waals surface area contributed by atoms with Crippen LogP contribution in [0.1, 0.15) is 19.8 Å². The summed E-state index contributed by atoms with van der Waals surface area (Å²) in [7, 11) is 1.46. The monoisotopic (exact) mass is 258 g/mol. The molecule has 0 aromatic carbocycles. The molecule has 1 heterocycles. The van der Waals surface area contributed by atoms with Crippen molar-refractivity contribution in [2.75, 3.05) is 12.4 Å². The van der Waals surface area contributed by atoms with E-state index in [1.807, 2.05) is 6.92 Å². The molecule has 0 radical (unpaired) electrons. The van der Waals surface area contributed by atoms with Gasteiger partial charge in [-0.15, -0.1) is 0 Å². The number of carbonyl (C=O) groups excluding carboxylic acids is 1. The van der Waals surface area contributed by atoms with Gasteiger partial charge in [-0.2, -0.15) is 4.98 Å². The second kappa shape index (κ2) is 6.36. The lowest BCUT2D eigenvalue weighted by Crippen LogP contribution is -2.26. The fourth-order valence-electron chi connectivity index (χ4n) is 1.12. The largest absolute Gasteiger partial charge is 0.481 e. The summed E-state index contributed by atoms with van der Waals surface area (Å²) < 4.78 is 4.91. The summed E-state index contributed by atoms with van der Waals surface area (Å²) in [5.41, 5.74) is 5.66. The van der Waals surface area contributed by atoms with Crippen LogP contribution in [-0.2, 0) is 4.79 Å². The lowest BCUT2D eigenvalue weighted by Gasteiger charge is -2.09. The Morgan fingerprint density at radius 3 is 2.94 bits per heavy atom. The number of rotatable bonds is 5. The molecule has 3 N–H and O–H groups in total. The Morgan fingerprint density at radius 1 is 1.65 bits per heavy atom. The molecule has 0 fully saturated rings. The van der Waals surface area contributed by atoms with Crippen LogP contribution in [0, 0.1) is 0 Å². The summed E-state index contributed by atoms with van der Waals surface area (Å²) in [6.45, 7) is 1.91. The van der Waals surface area contributed by atoms with E-state index in [1.54, 1.807) is 0 Å². The van der Waals surface area contributed by atoms with Crippen molar-refractivity contribution >= 4 is 23.5 Å². The van der Waals surface area contributed by atoms with E-state index in [9.17, 15) is 4.79 Å². The molecule has 1 aromatic rings. The number of methoxy groups -OCH3 is 1. The van der Waals surface area contributed by atoms with Gasteiger partial charge in [0.1, 0.15) is 5.15 Å². The van der Waals surface area contributed by atoms with Crippen molar-refractivity contribution in [3.05, 3.63) is 11.2 Å². The summed E-state index contributed by atoms with van der Waals surface area (Å²) in [6, 6.07) is 1.28. The molecule has 1 unspecified atom stereocenters. The number of amides is 1. The number of anilines is 1. The maximum Gasteiger partial charge on any atom is 0.234 e. The first-order chi connectivity index (χ1) is 8.05. The molecule has 0 aliphatic carbocycles. The van der Waals surface area contributed by atoms with Crippen molar-refractivity contribution in [3.8, 4) is 5.88 Å². The predicted molar refractivity (Wildman–Crippen MR) is 65.1 cm³/mol. The van der Waals surface area contributed by atoms with Crippen LogP contribution >= 0.6 is 11.6 Å². The Morgan fingerprint density at radius 2 is 2.35 bits per heavy atom. The van der Waals surface area contributed by atoms with Crippen molar-refractivity contribution in [1.82, 2.24) is 9.97 Å². The van der Waals surface area contributed by atoms with E-state index < -0.39 is 0 Å². The molecule has 0 saturated heterocycles. The summed E-state index contributed by atoms with van der Waals surface area (Å²) in [6.07, 6.45) is 0.946. The number of hydrogen-bond acceptors (Lipinski definition) is 5. The third-order valence-corrected chi connectivity index (χ3v) is 2.30. The molecule has 0 bridgehead atoms. The highest BCUT2D eigenvalue weighted by Gasteiger charge is 2.10. The number of halogens is 1. The van der Waals surface area contributed by atoms with Crippen LogP contribution in [0.3, 0.4) is 0 Å². The maximum atomic E-state index is 11.5. The van der Waals surface area contributed by atoms with Crippen LogP contribution in [-0.4, -0.2) is 29.0 Å². The number of nitrogens with zero attached hydrogens (tertiary/aromatic N) is 2. The van der Waals surface area contributed by atoms with Crippen LogP contribution < -0.4 is 15.8 Å². The first-order valence-electron chi connectivity index (χ1n) is 5.19. The Bertz CT molecular complexity index is 400. The SMILES string of the molecule is CCC(N)CC(=O)Nc1nc(Cl)cc(OC)n1. The summed E-state index contributed by atoms with van der Waals surface area (Å²) in [5.74, 6) is 0.159. The van der Waals surface area contributed by atoms with Gasteiger partial charge in [-0.3, -0.25) is 10.1 Å². The van der Waals surface area contributed by atoms with Gasteiger partial charge in [0, 0.05) is 18.5 Å². The lowest BCUT2D eigenvalue weighted by molar-refractivity contribution is -0.116. The van der Waals surface area contributed by atoms with E-state index in [4.69, 9.17) is 22.1 Å². The minimum Gasteiger partial charge on any atom is -0.481 e. The van der Waals surface area contributed by atoms with Crippen LogP contribution in [0.4, 0.5) is 5.95 Å². The molecule has 0 aliphatic rings. The number of carbonyl (C=O) groups is 1. The maximum absolute atomic E-state index is 11.5. The molecular formula is C10H15ClN4O2. The van der Waals surface area contributed by atoms with Gasteiger partial charge in [0.15, 0.2) is 0 Å². The normalized spacial score (nSPS) is 12.0. The van der Waals surface area contributed by atoms with Gasteiger partial charge in [0.05, 0.1) is 7.11 Å². The van der Waals surface area contributed by atoms with E-state index in [2.05, 4.69) is 15.3 Å². The van der Waals surface area contributed by atoms with Crippen LogP contribution in [0.5, 0.6) is 5.88 Å². The molecule has 0 spiro atoms. The van der Waals surface area contributed by atoms with Gasteiger partial charge in [-0.1, -0.05) is 18.5 Å². The number of aromatic nitrogens is 2. The zero-order valence-electron chi connectivity index (χ0n) is 9.74. The summed E-state index contributed by atoms with van der Waals surface area (Å²) in [5, 5.41) is 2.72. The summed E-state index contributed by atoms with van der Waals surface area (Å²) in [4.78, 5) is 19.3. The van der Waals surface area contributed by atoms with Gasteiger partial charge in [-0.25, -0.2) is 4.98 Å². The molecule has 94 valence electrons. The third-order valence-electron chi connectivity index (χ3n) is 2.10. The Kier molecular flexibility index (Phi) is 5.11. The standard InChI is InChI=1S/C10H15ClN4O2/c1-3-6(12)4-8(16)14-10-13-7(11)5-9(15-10)17-2/h5-6H,3-4,12H2,1-2H3,(H,13,14,15,16). The van der Waals surface area contributed by atoms with Crippen LogP contribution in [0.2, 0.25) is 5.15 Å². The highest BCUT2D eigenvalue weighted by molar-refractivity contribution is 6.29. The predicted octanol–water partition coefficient (Wildman–Crippen LogP) is 1.20. The first-order valence-corrected chi connectivity index (χ1v) is 5.57. The zero-order valence-corrected chi connectivity index (χ0v) is 10.5. The Balaban J connectivity index is 2.67. The smallest absolute Gasteiger partial charge is 0.234 e. The van der Waals surface area contributed by atoms with E-state index in [0.29, 0.717) is 5.88 Å². The molecule has 1 aromatic heterocycles. The second-order valence-electron chi connectivity index (χ2n) is 3.48. The van der Waals surface area contributed by atoms with E-state index >= 15 is 0 Å². The highest BCUT2D eigenvalue weighted by atomic mass is 35.5. The van der Waals surface area contributed by atoms with E-state index in [-0.39, 0.29) is 29.5 Å². The zero-order chi connectivity index (χ0) is 12.8. The van der Waals surface area contributed by atoms with Gasteiger partial charge >= 0.3 is 0 Å². The minimum absolute atomic E-state index is 0.114. The molecule has 17 heavy (non-hydrogen) atoms. The van der Waals surface area contributed by atoms with Gasteiger partial charge < -0.3 is 10.5 Å². The molecule has 1 amide bonds. The quantitative estimate of drug-likeness (QED) is 0.775. The Hall–Kier alpha value is -1.40. The molecule has 0 saturated carbocycles. The minimum atomic E-state index is -0.247. The van der Waals surface area contributed by atoms with Gasteiger partial charge in [0.25, 0.3) is 0 Å². The van der Waals surface area contributed by atoms with Crippen molar-refractivity contribution < 1.29 is 9.53 Å². The Labute approximate surface area is 105 Å². The molecular weight excluding hydrogens is 244 g/mol. The van der Waals surface area contributed by atoms with Crippen molar-refractivity contribution in [2.45, 2.75) is 25.8 Å². The third kappa shape index (κ3) is 4.54. The first kappa shape index (κ1) is 13.7. The van der Waals surface area contributed by atoms with Crippen LogP contribution in [0.25, 0.3) is 0 Å². The fourth-order valence-corrected chi connectivity index (χ4v) is 1.29. The molecule has 1 rings (SSSR count). The van der Waals surface area contributed by atoms with Crippen molar-refractivity contribution in [3.63, 3.8) is 0 Å². The van der Waals surface area contributed by atoms with Gasteiger partial charge in [0.2, 0.25) is 17.7 Å². The number of ether oxygens (including phenoxy) is 1. The molecule has 7 heteroatoms. The molecule has 0 aliphatic heterocycles. The topological polar surface area (TPSA) is 90.1 Å². The summed E-state index contributed by atoms with van der Waals surface area (Å²) >= 11 is 5.74. The average molecular weight is 259 g/mol. The molecule has 6 nitrogen and oxygen atoms in total. The highest BCUT2D eigenvalue weighted by Crippen LogP contribution is 2.15. The lowest BCUT2D eigenvalue weighted by atomic mass is 10.1. The molecule has 1 atom stereocenters. The number of hydrogen-bond donors (Lipinski definition) is 2. The van der Waals surface area contributed by atoms with E-state index in [1.165, 1.54) is 13.2 Å². The second-order valence-corrected chi connectivity index (χ2v) is 3.86. The van der Waals surface area contributed by atoms with Crippen molar-refractivity contribution in [2.24, 2.45) is 5.73 Å². The van der Waals surface area contributed by atoms with Gasteiger partial charge in [-0.05, 0) is 6.42 Å². The van der Waals surface area contributed by atoms with E-state index in [0.717, 1.165) is 6.42 Å². The van der Waals surface area contributed by atoms with Crippen molar-refractivity contribution in [1.29, 1.82) is 0 Å². The van der Waals surface area contributed by atoms with Crippen LogP contribution in [0.15, 0.2) is 6.07 Å². The fraction of sp³-hybridized carbons (Fsp3) is 0.500. The number of nitrogens with two attached hydrogens (primary N) is 1. The average Bonchev–Trinajstić information content (AvgIpc) is 2.27. The number of nitrogens with one attached hydrogen (secondary N) is 1.